The van der Waals surface area contributed by atoms with E-state index in [1.54, 1.807) is 7.11 Å². The largest absolute Gasteiger partial charge is 0.496 e. The monoisotopic (exact) mass is 277 g/mol. The average Bonchev–Trinajstić information content (AvgIpc) is 2.37. The molecule has 0 radical (unpaired) electrons. The standard InChI is InChI=1S/C16H23NO3/c1-16(2,3)11-13(18)15(19)17-10-9-12-7-5-6-8-14(12)20-4/h5-8H,9-11H2,1-4H3,(H,17,19). The number of hydrogen-bond donors (Lipinski definition) is 1. The van der Waals surface area contributed by atoms with Crippen LogP contribution >= 0.6 is 0 Å². The van der Waals surface area contributed by atoms with Crippen LogP contribution in [0.4, 0.5) is 0 Å². The topological polar surface area (TPSA) is 55.4 Å². The zero-order chi connectivity index (χ0) is 15.2. The van der Waals surface area contributed by atoms with Gasteiger partial charge in [0.15, 0.2) is 0 Å². The van der Waals surface area contributed by atoms with Crippen LogP contribution < -0.4 is 10.1 Å². The third-order valence-electron chi connectivity index (χ3n) is 2.82. The minimum atomic E-state index is -0.505. The summed E-state index contributed by atoms with van der Waals surface area (Å²) in [5, 5.41) is 2.66. The fraction of sp³-hybridized carbons (Fsp3) is 0.500. The summed E-state index contributed by atoms with van der Waals surface area (Å²) in [6.07, 6.45) is 0.895. The molecule has 1 N–H and O–H groups in total. The summed E-state index contributed by atoms with van der Waals surface area (Å²) in [5.41, 5.74) is 0.843. The van der Waals surface area contributed by atoms with E-state index < -0.39 is 5.91 Å². The molecule has 0 aliphatic rings. The van der Waals surface area contributed by atoms with Crippen LogP contribution in [0, 0.1) is 5.41 Å². The third-order valence-corrected chi connectivity index (χ3v) is 2.82. The molecule has 0 fully saturated rings. The lowest BCUT2D eigenvalue weighted by Gasteiger charge is -2.16. The van der Waals surface area contributed by atoms with Crippen molar-refractivity contribution in [3.8, 4) is 5.75 Å². The highest BCUT2D eigenvalue weighted by Gasteiger charge is 2.21. The number of amides is 1. The molecule has 1 aromatic carbocycles. The Bertz CT molecular complexity index is 475. The molecule has 110 valence electrons. The minimum Gasteiger partial charge on any atom is -0.496 e. The summed E-state index contributed by atoms with van der Waals surface area (Å²) >= 11 is 0. The van der Waals surface area contributed by atoms with E-state index in [-0.39, 0.29) is 17.6 Å². The van der Waals surface area contributed by atoms with Crippen LogP contribution in [0.15, 0.2) is 24.3 Å². The van der Waals surface area contributed by atoms with Crippen molar-refractivity contribution in [2.24, 2.45) is 5.41 Å². The molecule has 0 saturated heterocycles. The molecule has 0 saturated carbocycles. The first kappa shape index (κ1) is 16.2. The second-order valence-corrected chi connectivity index (χ2v) is 5.98. The van der Waals surface area contributed by atoms with Gasteiger partial charge in [-0.3, -0.25) is 9.59 Å². The Balaban J connectivity index is 2.44. The molecule has 0 aliphatic carbocycles. The predicted octanol–water partition coefficient (Wildman–Crippen LogP) is 2.36. The number of carbonyl (C=O) groups excluding carboxylic acids is 2. The molecular formula is C16H23NO3. The molecule has 0 aromatic heterocycles. The molecule has 0 spiro atoms. The first-order valence-electron chi connectivity index (χ1n) is 6.76. The van der Waals surface area contributed by atoms with Crippen LogP contribution in [0.25, 0.3) is 0 Å². The molecule has 4 heteroatoms. The summed E-state index contributed by atoms with van der Waals surface area (Å²) in [4.78, 5) is 23.4. The molecule has 0 heterocycles. The quantitative estimate of drug-likeness (QED) is 0.812. The number of para-hydroxylation sites is 1. The van der Waals surface area contributed by atoms with Crippen LogP contribution in [-0.2, 0) is 16.0 Å². The van der Waals surface area contributed by atoms with Crippen molar-refractivity contribution in [2.75, 3.05) is 13.7 Å². The zero-order valence-electron chi connectivity index (χ0n) is 12.7. The van der Waals surface area contributed by atoms with Gasteiger partial charge < -0.3 is 10.1 Å². The lowest BCUT2D eigenvalue weighted by atomic mass is 9.90. The van der Waals surface area contributed by atoms with Gasteiger partial charge in [-0.2, -0.15) is 0 Å². The molecule has 0 bridgehead atoms. The number of benzene rings is 1. The number of methoxy groups -OCH3 is 1. The first-order chi connectivity index (χ1) is 9.33. The molecule has 0 unspecified atom stereocenters. The summed E-state index contributed by atoms with van der Waals surface area (Å²) in [6.45, 7) is 6.24. The third kappa shape index (κ3) is 5.43. The van der Waals surface area contributed by atoms with Gasteiger partial charge in [-0.15, -0.1) is 0 Å². The fourth-order valence-corrected chi connectivity index (χ4v) is 1.88. The van der Waals surface area contributed by atoms with Crippen LogP contribution in [0.1, 0.15) is 32.8 Å². The predicted molar refractivity (Wildman–Crippen MR) is 78.8 cm³/mol. The van der Waals surface area contributed by atoms with Gasteiger partial charge in [0.2, 0.25) is 5.78 Å². The summed E-state index contributed by atoms with van der Waals surface area (Å²) in [6, 6.07) is 7.64. The summed E-state index contributed by atoms with van der Waals surface area (Å²) in [7, 11) is 1.62. The van der Waals surface area contributed by atoms with Gasteiger partial charge in [0.25, 0.3) is 5.91 Å². The second kappa shape index (κ2) is 7.08. The molecule has 1 rings (SSSR count). The number of rotatable bonds is 6. The molecule has 1 amide bonds. The number of ether oxygens (including phenoxy) is 1. The lowest BCUT2D eigenvalue weighted by Crippen LogP contribution is -2.34. The molecule has 0 aliphatic heterocycles. The van der Waals surface area contributed by atoms with Crippen molar-refractivity contribution in [3.05, 3.63) is 29.8 Å². The molecule has 4 nitrogen and oxygen atoms in total. The van der Waals surface area contributed by atoms with Crippen molar-refractivity contribution in [1.82, 2.24) is 5.32 Å². The van der Waals surface area contributed by atoms with E-state index in [1.165, 1.54) is 0 Å². The molecule has 0 atom stereocenters. The van der Waals surface area contributed by atoms with Crippen LogP contribution in [0.5, 0.6) is 5.75 Å². The van der Waals surface area contributed by atoms with Crippen molar-refractivity contribution in [1.29, 1.82) is 0 Å². The van der Waals surface area contributed by atoms with Gasteiger partial charge in [0, 0.05) is 13.0 Å². The number of hydrogen-bond acceptors (Lipinski definition) is 3. The van der Waals surface area contributed by atoms with E-state index in [2.05, 4.69) is 5.32 Å². The van der Waals surface area contributed by atoms with Gasteiger partial charge in [0.1, 0.15) is 5.75 Å². The van der Waals surface area contributed by atoms with Crippen molar-refractivity contribution < 1.29 is 14.3 Å². The van der Waals surface area contributed by atoms with E-state index in [9.17, 15) is 9.59 Å². The number of Topliss-reactive ketones (excluding diaryl/α,β-unsaturated/α-hetero) is 1. The maximum absolute atomic E-state index is 11.7. The Kier molecular flexibility index (Phi) is 5.74. The minimum absolute atomic E-state index is 0.170. The van der Waals surface area contributed by atoms with E-state index in [4.69, 9.17) is 4.74 Å². The fourth-order valence-electron chi connectivity index (χ4n) is 1.88. The Hall–Kier alpha value is -1.84. The molecule has 1 aromatic rings. The zero-order valence-corrected chi connectivity index (χ0v) is 12.7. The smallest absolute Gasteiger partial charge is 0.287 e. The maximum Gasteiger partial charge on any atom is 0.287 e. The highest BCUT2D eigenvalue weighted by Crippen LogP contribution is 2.19. The Morgan fingerprint density at radius 1 is 1.20 bits per heavy atom. The van der Waals surface area contributed by atoms with E-state index in [0.717, 1.165) is 11.3 Å². The number of nitrogens with one attached hydrogen (secondary N) is 1. The van der Waals surface area contributed by atoms with Crippen LogP contribution in [0.3, 0.4) is 0 Å². The van der Waals surface area contributed by atoms with Crippen LogP contribution in [-0.4, -0.2) is 25.3 Å². The summed E-state index contributed by atoms with van der Waals surface area (Å²) < 4.78 is 5.24. The van der Waals surface area contributed by atoms with E-state index in [0.29, 0.717) is 13.0 Å². The number of carbonyl (C=O) groups is 2. The lowest BCUT2D eigenvalue weighted by molar-refractivity contribution is -0.138. The molecule has 20 heavy (non-hydrogen) atoms. The Labute approximate surface area is 120 Å². The SMILES string of the molecule is COc1ccccc1CCNC(=O)C(=O)CC(C)(C)C. The van der Waals surface area contributed by atoms with Gasteiger partial charge in [-0.05, 0) is 23.5 Å². The van der Waals surface area contributed by atoms with Crippen LogP contribution in [0.2, 0.25) is 0 Å². The first-order valence-corrected chi connectivity index (χ1v) is 6.76. The average molecular weight is 277 g/mol. The highest BCUT2D eigenvalue weighted by atomic mass is 16.5. The van der Waals surface area contributed by atoms with E-state index >= 15 is 0 Å². The van der Waals surface area contributed by atoms with Gasteiger partial charge in [0.05, 0.1) is 7.11 Å². The van der Waals surface area contributed by atoms with Gasteiger partial charge >= 0.3 is 0 Å². The van der Waals surface area contributed by atoms with E-state index in [1.807, 2.05) is 45.0 Å². The highest BCUT2D eigenvalue weighted by molar-refractivity contribution is 6.36. The van der Waals surface area contributed by atoms with Gasteiger partial charge in [-0.1, -0.05) is 39.0 Å². The van der Waals surface area contributed by atoms with Crippen molar-refractivity contribution in [2.45, 2.75) is 33.6 Å². The van der Waals surface area contributed by atoms with Crippen molar-refractivity contribution in [3.63, 3.8) is 0 Å². The Morgan fingerprint density at radius 2 is 1.85 bits per heavy atom. The normalized spacial score (nSPS) is 11.0. The number of ketones is 1. The summed E-state index contributed by atoms with van der Waals surface area (Å²) in [5.74, 6) is -0.0740. The van der Waals surface area contributed by atoms with Crippen molar-refractivity contribution >= 4 is 11.7 Å². The molecular weight excluding hydrogens is 254 g/mol. The maximum atomic E-state index is 11.7. The second-order valence-electron chi connectivity index (χ2n) is 5.98. The Morgan fingerprint density at radius 3 is 2.45 bits per heavy atom. The van der Waals surface area contributed by atoms with Gasteiger partial charge in [-0.25, -0.2) is 0 Å².